The average molecular weight is 248 g/mol. The Kier molecular flexibility index (Phi) is 13.7. The normalized spacial score (nSPS) is 11.3. The number of hydrogen-bond acceptors (Lipinski definition) is 5. The molecule has 0 rings (SSSR count). The Bertz CT molecular complexity index is 148. The van der Waals surface area contributed by atoms with Gasteiger partial charge in [-0.15, -0.1) is 0 Å². The fourth-order valence-electron chi connectivity index (χ4n) is 1.32. The minimum atomic E-state index is 0.643. The van der Waals surface area contributed by atoms with Gasteiger partial charge in [-0.2, -0.15) is 0 Å². The van der Waals surface area contributed by atoms with E-state index in [0.29, 0.717) is 26.4 Å². The van der Waals surface area contributed by atoms with Gasteiger partial charge in [0.15, 0.2) is 0 Å². The predicted octanol–water partition coefficient (Wildman–Crippen LogP) is 0.207. The summed E-state index contributed by atoms with van der Waals surface area (Å²) < 4.78 is 15.6. The van der Waals surface area contributed by atoms with Crippen LogP contribution in [0.25, 0.3) is 0 Å². The first-order chi connectivity index (χ1) is 8.31. The number of nitrogens with one attached hydrogen (secondary N) is 1. The number of methoxy groups -OCH3 is 1. The van der Waals surface area contributed by atoms with Gasteiger partial charge in [-0.05, 0) is 33.6 Å². The van der Waals surface area contributed by atoms with Crippen LogP contribution in [0.15, 0.2) is 0 Å². The zero-order valence-corrected chi connectivity index (χ0v) is 11.5. The van der Waals surface area contributed by atoms with Crippen molar-refractivity contribution in [2.75, 3.05) is 73.9 Å². The van der Waals surface area contributed by atoms with Crippen LogP contribution >= 0.6 is 0 Å². The molecule has 0 spiro atoms. The lowest BCUT2D eigenvalue weighted by Crippen LogP contribution is -2.26. The van der Waals surface area contributed by atoms with Crippen LogP contribution in [0.1, 0.15) is 6.42 Å². The molecule has 5 nitrogen and oxygen atoms in total. The van der Waals surface area contributed by atoms with E-state index in [1.165, 1.54) is 6.42 Å². The summed E-state index contributed by atoms with van der Waals surface area (Å²) in [7, 11) is 5.77. The molecule has 0 unspecified atom stereocenters. The SMILES string of the molecule is CNCCCN(C)CCOCCOCCOC. The summed E-state index contributed by atoms with van der Waals surface area (Å²) in [5.41, 5.74) is 0. The van der Waals surface area contributed by atoms with Gasteiger partial charge in [-0.1, -0.05) is 0 Å². The molecule has 0 atom stereocenters. The summed E-state index contributed by atoms with van der Waals surface area (Å²) in [5.74, 6) is 0. The largest absolute Gasteiger partial charge is 0.382 e. The van der Waals surface area contributed by atoms with E-state index in [1.807, 2.05) is 7.05 Å². The maximum atomic E-state index is 5.47. The second kappa shape index (κ2) is 13.9. The van der Waals surface area contributed by atoms with Crippen molar-refractivity contribution in [3.05, 3.63) is 0 Å². The Labute approximate surface area is 105 Å². The van der Waals surface area contributed by atoms with E-state index in [0.717, 1.165) is 26.2 Å². The van der Waals surface area contributed by atoms with E-state index in [9.17, 15) is 0 Å². The summed E-state index contributed by atoms with van der Waals surface area (Å²) in [6.45, 7) is 6.51. The van der Waals surface area contributed by atoms with E-state index in [4.69, 9.17) is 14.2 Å². The third kappa shape index (κ3) is 13.7. The number of nitrogens with zero attached hydrogens (tertiary/aromatic N) is 1. The molecular weight excluding hydrogens is 220 g/mol. The van der Waals surface area contributed by atoms with Crippen molar-refractivity contribution in [2.24, 2.45) is 0 Å². The van der Waals surface area contributed by atoms with Crippen molar-refractivity contribution in [1.29, 1.82) is 0 Å². The van der Waals surface area contributed by atoms with Crippen LogP contribution in [-0.2, 0) is 14.2 Å². The van der Waals surface area contributed by atoms with Crippen LogP contribution in [0.3, 0.4) is 0 Å². The molecule has 0 heterocycles. The highest BCUT2D eigenvalue weighted by molar-refractivity contribution is 4.52. The number of likely N-dealkylation sites (N-methyl/N-ethyl adjacent to an activating group) is 1. The molecule has 0 aliphatic heterocycles. The van der Waals surface area contributed by atoms with Gasteiger partial charge >= 0.3 is 0 Å². The molecule has 0 saturated carbocycles. The molecule has 0 amide bonds. The van der Waals surface area contributed by atoms with Crippen LogP contribution in [-0.4, -0.2) is 78.8 Å². The zero-order chi connectivity index (χ0) is 12.8. The van der Waals surface area contributed by atoms with Crippen LogP contribution in [0.5, 0.6) is 0 Å². The van der Waals surface area contributed by atoms with Gasteiger partial charge in [0.1, 0.15) is 0 Å². The Morgan fingerprint density at radius 2 is 1.59 bits per heavy atom. The first kappa shape index (κ1) is 16.8. The van der Waals surface area contributed by atoms with Gasteiger partial charge in [0.2, 0.25) is 0 Å². The maximum absolute atomic E-state index is 5.47. The van der Waals surface area contributed by atoms with Gasteiger partial charge in [0.25, 0.3) is 0 Å². The van der Waals surface area contributed by atoms with Crippen molar-refractivity contribution >= 4 is 0 Å². The van der Waals surface area contributed by atoms with Crippen molar-refractivity contribution in [1.82, 2.24) is 10.2 Å². The first-order valence-electron chi connectivity index (χ1n) is 6.28. The fourth-order valence-corrected chi connectivity index (χ4v) is 1.32. The molecule has 0 aliphatic rings. The molecular formula is C12H28N2O3. The Morgan fingerprint density at radius 1 is 0.941 bits per heavy atom. The second-order valence-corrected chi connectivity index (χ2v) is 3.98. The van der Waals surface area contributed by atoms with Gasteiger partial charge in [-0.3, -0.25) is 0 Å². The van der Waals surface area contributed by atoms with Crippen molar-refractivity contribution < 1.29 is 14.2 Å². The molecule has 0 saturated heterocycles. The molecule has 0 radical (unpaired) electrons. The lowest BCUT2D eigenvalue weighted by molar-refractivity contribution is 0.0208. The summed E-state index contributed by atoms with van der Waals surface area (Å²) in [6.07, 6.45) is 1.17. The van der Waals surface area contributed by atoms with Gasteiger partial charge in [0, 0.05) is 13.7 Å². The van der Waals surface area contributed by atoms with E-state index >= 15 is 0 Å². The predicted molar refractivity (Wildman–Crippen MR) is 69.6 cm³/mol. The molecule has 1 N–H and O–H groups in total. The Morgan fingerprint density at radius 3 is 2.24 bits per heavy atom. The average Bonchev–Trinajstić information content (AvgIpc) is 2.33. The number of hydrogen-bond donors (Lipinski definition) is 1. The Balaban J connectivity index is 3.05. The third-order valence-electron chi connectivity index (χ3n) is 2.39. The van der Waals surface area contributed by atoms with E-state index < -0.39 is 0 Å². The highest BCUT2D eigenvalue weighted by Gasteiger charge is 1.97. The minimum Gasteiger partial charge on any atom is -0.382 e. The van der Waals surface area contributed by atoms with Gasteiger partial charge in [0.05, 0.1) is 33.0 Å². The third-order valence-corrected chi connectivity index (χ3v) is 2.39. The summed E-state index contributed by atoms with van der Waals surface area (Å²) >= 11 is 0. The summed E-state index contributed by atoms with van der Waals surface area (Å²) in [4.78, 5) is 2.28. The topological polar surface area (TPSA) is 43.0 Å². The molecule has 0 aromatic carbocycles. The number of rotatable bonds is 13. The lowest BCUT2D eigenvalue weighted by atomic mass is 10.4. The fraction of sp³-hybridized carbons (Fsp3) is 1.00. The molecule has 17 heavy (non-hydrogen) atoms. The second-order valence-electron chi connectivity index (χ2n) is 3.98. The zero-order valence-electron chi connectivity index (χ0n) is 11.5. The molecule has 5 heteroatoms. The molecule has 0 fully saturated rings. The van der Waals surface area contributed by atoms with Crippen molar-refractivity contribution in [3.63, 3.8) is 0 Å². The molecule has 0 aliphatic carbocycles. The van der Waals surface area contributed by atoms with Crippen LogP contribution in [0.4, 0.5) is 0 Å². The van der Waals surface area contributed by atoms with E-state index in [2.05, 4.69) is 17.3 Å². The molecule has 0 aromatic heterocycles. The summed E-state index contributed by atoms with van der Waals surface area (Å²) in [5, 5.41) is 3.14. The summed E-state index contributed by atoms with van der Waals surface area (Å²) in [6, 6.07) is 0. The minimum absolute atomic E-state index is 0.643. The number of ether oxygens (including phenoxy) is 3. The monoisotopic (exact) mass is 248 g/mol. The molecule has 104 valence electrons. The molecule has 0 aromatic rings. The van der Waals surface area contributed by atoms with Crippen molar-refractivity contribution in [2.45, 2.75) is 6.42 Å². The van der Waals surface area contributed by atoms with Crippen LogP contribution in [0, 0.1) is 0 Å². The standard InChI is InChI=1S/C12H28N2O3/c1-13-5-4-6-14(2)7-8-16-11-12-17-10-9-15-3/h13H,4-12H2,1-3H3. The van der Waals surface area contributed by atoms with Gasteiger partial charge in [-0.25, -0.2) is 0 Å². The Hall–Kier alpha value is -0.200. The van der Waals surface area contributed by atoms with Crippen LogP contribution < -0.4 is 5.32 Å². The smallest absolute Gasteiger partial charge is 0.0701 e. The quantitative estimate of drug-likeness (QED) is 0.472. The van der Waals surface area contributed by atoms with Crippen molar-refractivity contribution in [3.8, 4) is 0 Å². The lowest BCUT2D eigenvalue weighted by Gasteiger charge is -2.16. The van der Waals surface area contributed by atoms with Gasteiger partial charge < -0.3 is 24.4 Å². The highest BCUT2D eigenvalue weighted by Crippen LogP contribution is 1.87. The maximum Gasteiger partial charge on any atom is 0.0701 e. The highest BCUT2D eigenvalue weighted by atomic mass is 16.5. The van der Waals surface area contributed by atoms with E-state index in [-0.39, 0.29) is 0 Å². The van der Waals surface area contributed by atoms with E-state index in [1.54, 1.807) is 7.11 Å². The van der Waals surface area contributed by atoms with Crippen LogP contribution in [0.2, 0.25) is 0 Å². The first-order valence-corrected chi connectivity index (χ1v) is 6.28. The molecule has 0 bridgehead atoms.